The minimum atomic E-state index is -4.43. The number of carbonyl (C=O) groups excluding carboxylic acids is 1. The maximum atomic E-state index is 13.3. The number of halogens is 4. The first-order valence-electron chi connectivity index (χ1n) is 9.38. The Morgan fingerprint density at radius 3 is 2.62 bits per heavy atom. The Morgan fingerprint density at radius 2 is 2.00 bits per heavy atom. The number of nitrogens with zero attached hydrogens (tertiary/aromatic N) is 1. The minimum Gasteiger partial charge on any atom is -0.305 e. The molecule has 1 atom stereocenters. The van der Waals surface area contributed by atoms with Gasteiger partial charge in [0.25, 0.3) is 0 Å². The van der Waals surface area contributed by atoms with Crippen LogP contribution in [0, 0.1) is 0 Å². The van der Waals surface area contributed by atoms with Crippen molar-refractivity contribution in [1.29, 1.82) is 0 Å². The Labute approximate surface area is 178 Å². The molecule has 1 heterocycles. The lowest BCUT2D eigenvalue weighted by molar-refractivity contribution is -0.137. The van der Waals surface area contributed by atoms with Crippen molar-refractivity contribution in [2.45, 2.75) is 35.7 Å². The predicted octanol–water partition coefficient (Wildman–Crippen LogP) is 6.32. The maximum Gasteiger partial charge on any atom is 0.416 e. The van der Waals surface area contributed by atoms with Gasteiger partial charge in [-0.25, -0.2) is 0 Å². The molecular formula is C22H23ClF3NOS. The highest BCUT2D eigenvalue weighted by molar-refractivity contribution is 7.98. The third kappa shape index (κ3) is 4.98. The van der Waals surface area contributed by atoms with Gasteiger partial charge in [0.15, 0.2) is 5.78 Å². The van der Waals surface area contributed by atoms with E-state index < -0.39 is 17.2 Å². The molecule has 1 unspecified atom stereocenters. The van der Waals surface area contributed by atoms with E-state index in [1.54, 1.807) is 12.3 Å². The lowest BCUT2D eigenvalue weighted by Gasteiger charge is -2.42. The summed E-state index contributed by atoms with van der Waals surface area (Å²) in [4.78, 5) is 15.8. The average Bonchev–Trinajstić information content (AvgIpc) is 2.66. The summed E-state index contributed by atoms with van der Waals surface area (Å²) in [7, 11) is 2.02. The first kappa shape index (κ1) is 22.2. The zero-order chi connectivity index (χ0) is 21.2. The number of Topliss-reactive ketones (excluding diaryl/α,β-unsaturated/α-hetero) is 1. The molecule has 0 aliphatic carbocycles. The summed E-state index contributed by atoms with van der Waals surface area (Å²) in [5, 5.41) is 0.613. The van der Waals surface area contributed by atoms with E-state index in [-0.39, 0.29) is 12.2 Å². The average molecular weight is 442 g/mol. The first-order chi connectivity index (χ1) is 13.6. The van der Waals surface area contributed by atoms with Crippen LogP contribution in [0.4, 0.5) is 13.2 Å². The molecule has 29 heavy (non-hydrogen) atoms. The van der Waals surface area contributed by atoms with Gasteiger partial charge in [-0.1, -0.05) is 23.7 Å². The highest BCUT2D eigenvalue weighted by atomic mass is 35.5. The van der Waals surface area contributed by atoms with Crippen LogP contribution in [-0.2, 0) is 11.6 Å². The number of carbonyl (C=O) groups is 1. The monoisotopic (exact) mass is 441 g/mol. The molecule has 0 bridgehead atoms. The smallest absolute Gasteiger partial charge is 0.305 e. The number of hydrogen-bond acceptors (Lipinski definition) is 3. The lowest BCUT2D eigenvalue weighted by Crippen LogP contribution is -2.45. The maximum absolute atomic E-state index is 13.3. The predicted molar refractivity (Wildman–Crippen MR) is 112 cm³/mol. The molecule has 7 heteroatoms. The highest BCUT2D eigenvalue weighted by Gasteiger charge is 2.39. The molecule has 2 nitrogen and oxygen atoms in total. The van der Waals surface area contributed by atoms with E-state index in [2.05, 4.69) is 4.90 Å². The van der Waals surface area contributed by atoms with Crippen LogP contribution in [0.5, 0.6) is 0 Å². The van der Waals surface area contributed by atoms with E-state index in [0.29, 0.717) is 22.0 Å². The van der Waals surface area contributed by atoms with Crippen LogP contribution in [0.1, 0.15) is 40.7 Å². The van der Waals surface area contributed by atoms with Crippen LogP contribution in [-0.4, -0.2) is 37.1 Å². The number of ketones is 1. The molecule has 0 radical (unpaired) electrons. The third-order valence-corrected chi connectivity index (χ3v) is 6.55. The standard InChI is InChI=1S/C22H23ClF3NOS/c1-27-10-4-9-21(14-27,15-5-3-6-17(23)11-15)13-19(28)18-8-7-16(22(24,25)26)12-20(18)29-2/h3,5-8,11-12H,4,9-10,13-14H2,1-2H3. The normalized spacial score (nSPS) is 20.6. The van der Waals surface area contributed by atoms with Crippen molar-refractivity contribution in [3.05, 3.63) is 64.2 Å². The van der Waals surface area contributed by atoms with Crippen molar-refractivity contribution in [1.82, 2.24) is 4.90 Å². The summed E-state index contributed by atoms with van der Waals surface area (Å²) < 4.78 is 39.2. The van der Waals surface area contributed by atoms with Crippen LogP contribution in [0.15, 0.2) is 47.4 Å². The molecule has 0 N–H and O–H groups in total. The van der Waals surface area contributed by atoms with Crippen LogP contribution in [0.2, 0.25) is 5.02 Å². The summed E-state index contributed by atoms with van der Waals surface area (Å²) in [5.41, 5.74) is 0.205. The topological polar surface area (TPSA) is 20.3 Å². The number of thioether (sulfide) groups is 1. The van der Waals surface area contributed by atoms with E-state index in [1.807, 2.05) is 25.2 Å². The van der Waals surface area contributed by atoms with Gasteiger partial charge in [0.05, 0.1) is 5.56 Å². The number of piperidine rings is 1. The fraction of sp³-hybridized carbons (Fsp3) is 0.409. The Kier molecular flexibility index (Phi) is 6.66. The van der Waals surface area contributed by atoms with Crippen molar-refractivity contribution in [2.75, 3.05) is 26.4 Å². The Morgan fingerprint density at radius 1 is 1.24 bits per heavy atom. The number of hydrogen-bond donors (Lipinski definition) is 0. The van der Waals surface area contributed by atoms with Crippen molar-refractivity contribution >= 4 is 29.1 Å². The quantitative estimate of drug-likeness (QED) is 0.400. The van der Waals surface area contributed by atoms with Crippen LogP contribution >= 0.6 is 23.4 Å². The minimum absolute atomic E-state index is 0.140. The Balaban J connectivity index is 1.97. The van der Waals surface area contributed by atoms with E-state index in [9.17, 15) is 18.0 Å². The van der Waals surface area contributed by atoms with Crippen LogP contribution < -0.4 is 0 Å². The number of alkyl halides is 3. The third-order valence-electron chi connectivity index (χ3n) is 5.53. The molecule has 1 aliphatic rings. The first-order valence-corrected chi connectivity index (χ1v) is 11.0. The number of rotatable bonds is 5. The van der Waals surface area contributed by atoms with Gasteiger partial charge in [-0.05, 0) is 68.6 Å². The summed E-state index contributed by atoms with van der Waals surface area (Å²) in [5.74, 6) is -0.140. The number of likely N-dealkylation sites (N-methyl/N-ethyl adjacent to an activating group) is 1. The zero-order valence-electron chi connectivity index (χ0n) is 16.4. The van der Waals surface area contributed by atoms with Crippen molar-refractivity contribution in [2.24, 2.45) is 0 Å². The molecule has 0 spiro atoms. The molecule has 156 valence electrons. The van der Waals surface area contributed by atoms with E-state index in [4.69, 9.17) is 11.6 Å². The van der Waals surface area contributed by atoms with Crippen LogP contribution in [0.25, 0.3) is 0 Å². The highest BCUT2D eigenvalue weighted by Crippen LogP contribution is 2.40. The van der Waals surface area contributed by atoms with E-state index in [0.717, 1.165) is 48.8 Å². The fourth-order valence-electron chi connectivity index (χ4n) is 4.16. The second-order valence-electron chi connectivity index (χ2n) is 7.64. The summed E-state index contributed by atoms with van der Waals surface area (Å²) >= 11 is 7.38. The molecule has 2 aromatic rings. The van der Waals surface area contributed by atoms with Crippen molar-refractivity contribution in [3.8, 4) is 0 Å². The van der Waals surface area contributed by atoms with Gasteiger partial charge in [0.2, 0.25) is 0 Å². The fourth-order valence-corrected chi connectivity index (χ4v) is 5.00. The Hall–Kier alpha value is -1.50. The van der Waals surface area contributed by atoms with Crippen molar-refractivity contribution in [3.63, 3.8) is 0 Å². The second-order valence-corrected chi connectivity index (χ2v) is 8.93. The van der Waals surface area contributed by atoms with Gasteiger partial charge in [-0.2, -0.15) is 13.2 Å². The van der Waals surface area contributed by atoms with Crippen molar-refractivity contribution < 1.29 is 18.0 Å². The van der Waals surface area contributed by atoms with Gasteiger partial charge < -0.3 is 4.90 Å². The molecular weight excluding hydrogens is 419 g/mol. The second kappa shape index (κ2) is 8.70. The summed E-state index contributed by atoms with van der Waals surface area (Å²) in [6.07, 6.45) is -0.735. The molecule has 2 aromatic carbocycles. The van der Waals surface area contributed by atoms with E-state index >= 15 is 0 Å². The molecule has 0 amide bonds. The largest absolute Gasteiger partial charge is 0.416 e. The Bertz CT molecular complexity index is 902. The van der Waals surface area contributed by atoms with E-state index in [1.165, 1.54) is 6.07 Å². The van der Waals surface area contributed by atoms with Gasteiger partial charge in [0, 0.05) is 33.9 Å². The van der Waals surface area contributed by atoms with Gasteiger partial charge in [-0.15, -0.1) is 11.8 Å². The molecule has 3 rings (SSSR count). The van der Waals surface area contributed by atoms with Crippen LogP contribution in [0.3, 0.4) is 0 Å². The lowest BCUT2D eigenvalue weighted by atomic mass is 9.70. The SMILES string of the molecule is CSc1cc(C(F)(F)F)ccc1C(=O)CC1(c2cccc(Cl)c2)CCCN(C)C1. The molecule has 1 aliphatic heterocycles. The van der Waals surface area contributed by atoms with Gasteiger partial charge in [0.1, 0.15) is 0 Å². The zero-order valence-corrected chi connectivity index (χ0v) is 17.9. The molecule has 1 saturated heterocycles. The number of benzene rings is 2. The molecule has 1 fully saturated rings. The number of likely N-dealkylation sites (tertiary alicyclic amines) is 1. The summed E-state index contributed by atoms with van der Waals surface area (Å²) in [6, 6.07) is 10.9. The van der Waals surface area contributed by atoms with Gasteiger partial charge in [-0.3, -0.25) is 4.79 Å². The summed E-state index contributed by atoms with van der Waals surface area (Å²) in [6.45, 7) is 1.65. The van der Waals surface area contributed by atoms with Gasteiger partial charge >= 0.3 is 6.18 Å². The molecule has 0 saturated carbocycles. The molecule has 0 aromatic heterocycles.